The third-order valence-electron chi connectivity index (χ3n) is 2.63. The maximum absolute atomic E-state index is 10.7. The van der Waals surface area contributed by atoms with Crippen molar-refractivity contribution in [1.82, 2.24) is 4.98 Å². The van der Waals surface area contributed by atoms with Gasteiger partial charge in [0.1, 0.15) is 12.4 Å². The summed E-state index contributed by atoms with van der Waals surface area (Å²) in [5.41, 5.74) is 0.585. The van der Waals surface area contributed by atoms with Crippen molar-refractivity contribution in [2.45, 2.75) is 0 Å². The van der Waals surface area contributed by atoms with Crippen LogP contribution < -0.4 is 4.90 Å². The number of carboxylic acids is 1. The smallest absolute Gasteiger partial charge is 0.323 e. The van der Waals surface area contributed by atoms with E-state index in [1.807, 2.05) is 0 Å². The summed E-state index contributed by atoms with van der Waals surface area (Å²) in [5.74, 6) is -0.447. The highest BCUT2D eigenvalue weighted by molar-refractivity contribution is 5.83. The van der Waals surface area contributed by atoms with Crippen LogP contribution in [0.4, 0.5) is 11.5 Å². The van der Waals surface area contributed by atoms with E-state index in [9.17, 15) is 14.9 Å². The molecular formula is C12H11N3O4. The maximum atomic E-state index is 10.7. The van der Waals surface area contributed by atoms with Gasteiger partial charge in [-0.2, -0.15) is 0 Å². The van der Waals surface area contributed by atoms with Crippen molar-refractivity contribution in [3.05, 3.63) is 40.4 Å². The van der Waals surface area contributed by atoms with Crippen LogP contribution in [0.25, 0.3) is 10.9 Å². The molecule has 2 rings (SSSR count). The van der Waals surface area contributed by atoms with Gasteiger partial charge in [-0.3, -0.25) is 14.9 Å². The van der Waals surface area contributed by atoms with Gasteiger partial charge in [0, 0.05) is 24.6 Å². The molecule has 0 saturated carbocycles. The van der Waals surface area contributed by atoms with Gasteiger partial charge >= 0.3 is 5.97 Å². The molecule has 1 aromatic heterocycles. The Labute approximate surface area is 108 Å². The number of carboxylic acid groups (broad SMARTS) is 1. The molecule has 7 nitrogen and oxygen atoms in total. The van der Waals surface area contributed by atoms with Crippen LogP contribution in [-0.4, -0.2) is 34.6 Å². The first-order valence-electron chi connectivity index (χ1n) is 5.45. The minimum Gasteiger partial charge on any atom is -0.480 e. The normalized spacial score (nSPS) is 10.4. The Balaban J connectivity index is 2.39. The highest BCUT2D eigenvalue weighted by Crippen LogP contribution is 2.22. The van der Waals surface area contributed by atoms with Crippen LogP contribution in [-0.2, 0) is 4.79 Å². The van der Waals surface area contributed by atoms with Crippen LogP contribution in [0.3, 0.4) is 0 Å². The zero-order valence-corrected chi connectivity index (χ0v) is 10.1. The van der Waals surface area contributed by atoms with Crippen LogP contribution >= 0.6 is 0 Å². The summed E-state index contributed by atoms with van der Waals surface area (Å²) in [6.07, 6.45) is 0. The summed E-state index contributed by atoms with van der Waals surface area (Å²) in [6.45, 7) is -0.161. The van der Waals surface area contributed by atoms with Crippen LogP contribution in [0.5, 0.6) is 0 Å². The number of carbonyl (C=O) groups is 1. The van der Waals surface area contributed by atoms with E-state index in [0.717, 1.165) is 0 Å². The first-order valence-corrected chi connectivity index (χ1v) is 5.45. The molecule has 0 bridgehead atoms. The molecule has 0 aliphatic rings. The number of hydrogen-bond donors (Lipinski definition) is 1. The zero-order chi connectivity index (χ0) is 14.0. The van der Waals surface area contributed by atoms with Crippen molar-refractivity contribution in [2.24, 2.45) is 0 Å². The number of nitro groups is 1. The number of rotatable bonds is 4. The third-order valence-corrected chi connectivity index (χ3v) is 2.63. The number of likely N-dealkylation sites (N-methyl/N-ethyl adjacent to an activating group) is 1. The minimum atomic E-state index is -0.951. The van der Waals surface area contributed by atoms with E-state index >= 15 is 0 Å². The van der Waals surface area contributed by atoms with Gasteiger partial charge < -0.3 is 10.0 Å². The Morgan fingerprint density at radius 1 is 1.42 bits per heavy atom. The predicted octanol–water partition coefficient (Wildman–Crippen LogP) is 1.66. The van der Waals surface area contributed by atoms with E-state index in [2.05, 4.69) is 4.98 Å². The number of pyridine rings is 1. The van der Waals surface area contributed by atoms with Crippen molar-refractivity contribution in [2.75, 3.05) is 18.5 Å². The molecule has 0 atom stereocenters. The summed E-state index contributed by atoms with van der Waals surface area (Å²) >= 11 is 0. The second-order valence-corrected chi connectivity index (χ2v) is 4.05. The molecule has 0 aliphatic heterocycles. The summed E-state index contributed by atoms with van der Waals surface area (Å²) in [5, 5.41) is 20.0. The number of aliphatic carboxylic acids is 1. The second-order valence-electron chi connectivity index (χ2n) is 4.05. The number of aromatic nitrogens is 1. The Morgan fingerprint density at radius 3 is 2.79 bits per heavy atom. The third kappa shape index (κ3) is 2.76. The van der Waals surface area contributed by atoms with Gasteiger partial charge in [-0.1, -0.05) is 0 Å². The van der Waals surface area contributed by atoms with Crippen molar-refractivity contribution in [3.63, 3.8) is 0 Å². The molecule has 2 aromatic rings. The number of nitrogens with zero attached hydrogens (tertiary/aromatic N) is 3. The summed E-state index contributed by atoms with van der Waals surface area (Å²) in [6, 6.07) is 7.67. The van der Waals surface area contributed by atoms with Crippen LogP contribution in [0.1, 0.15) is 0 Å². The minimum absolute atomic E-state index is 0.000871. The largest absolute Gasteiger partial charge is 0.480 e. The number of fused-ring (bicyclic) bond motifs is 1. The Bertz CT molecular complexity index is 656. The van der Waals surface area contributed by atoms with Gasteiger partial charge in [0.05, 0.1) is 10.4 Å². The molecule has 1 aromatic carbocycles. The van der Waals surface area contributed by atoms with Crippen LogP contribution in [0.2, 0.25) is 0 Å². The monoisotopic (exact) mass is 261 g/mol. The molecule has 0 spiro atoms. The molecule has 1 N–H and O–H groups in total. The van der Waals surface area contributed by atoms with Gasteiger partial charge in [-0.25, -0.2) is 4.98 Å². The van der Waals surface area contributed by atoms with Crippen molar-refractivity contribution < 1.29 is 14.8 Å². The molecule has 0 aliphatic carbocycles. The molecule has 0 amide bonds. The summed E-state index contributed by atoms with van der Waals surface area (Å²) in [4.78, 5) is 26.6. The predicted molar refractivity (Wildman–Crippen MR) is 69.3 cm³/mol. The van der Waals surface area contributed by atoms with Gasteiger partial charge in [0.25, 0.3) is 5.69 Å². The Morgan fingerprint density at radius 2 is 2.16 bits per heavy atom. The molecule has 0 radical (unpaired) electrons. The van der Waals surface area contributed by atoms with Gasteiger partial charge in [0.2, 0.25) is 0 Å². The number of anilines is 1. The molecule has 0 unspecified atom stereocenters. The van der Waals surface area contributed by atoms with Crippen LogP contribution in [0, 0.1) is 10.1 Å². The molecule has 0 saturated heterocycles. The Hall–Kier alpha value is -2.70. The average molecular weight is 261 g/mol. The fourth-order valence-corrected chi connectivity index (χ4v) is 1.71. The highest BCUT2D eigenvalue weighted by Gasteiger charge is 2.10. The van der Waals surface area contributed by atoms with Gasteiger partial charge in [-0.05, 0) is 18.2 Å². The lowest BCUT2D eigenvalue weighted by Crippen LogP contribution is -2.25. The standard InChI is InChI=1S/C12H11N3O4/c1-14(7-12(16)17)11-5-2-8-6-9(15(18)19)3-4-10(8)13-11/h2-6H,7H2,1H3,(H,16,17). The van der Waals surface area contributed by atoms with Gasteiger partial charge in [0.15, 0.2) is 0 Å². The molecule has 98 valence electrons. The second kappa shape index (κ2) is 4.89. The van der Waals surface area contributed by atoms with E-state index in [0.29, 0.717) is 16.7 Å². The molecule has 7 heteroatoms. The summed E-state index contributed by atoms with van der Waals surface area (Å²) in [7, 11) is 1.62. The van der Waals surface area contributed by atoms with Crippen molar-refractivity contribution in [1.29, 1.82) is 0 Å². The molecule has 1 heterocycles. The number of hydrogen-bond acceptors (Lipinski definition) is 5. The molecule has 19 heavy (non-hydrogen) atoms. The first kappa shape index (κ1) is 12.7. The molecule has 0 fully saturated rings. The number of nitro benzene ring substituents is 1. The van der Waals surface area contributed by atoms with Gasteiger partial charge in [-0.15, -0.1) is 0 Å². The Kier molecular flexibility index (Phi) is 3.28. The zero-order valence-electron chi connectivity index (χ0n) is 10.1. The fourth-order valence-electron chi connectivity index (χ4n) is 1.71. The lowest BCUT2D eigenvalue weighted by molar-refractivity contribution is -0.384. The number of non-ortho nitro benzene ring substituents is 1. The highest BCUT2D eigenvalue weighted by atomic mass is 16.6. The quantitative estimate of drug-likeness (QED) is 0.664. The van der Waals surface area contributed by atoms with Crippen molar-refractivity contribution in [3.8, 4) is 0 Å². The van der Waals surface area contributed by atoms with E-state index in [-0.39, 0.29) is 12.2 Å². The van der Waals surface area contributed by atoms with E-state index in [1.54, 1.807) is 25.2 Å². The lowest BCUT2D eigenvalue weighted by Gasteiger charge is -2.15. The summed E-state index contributed by atoms with van der Waals surface area (Å²) < 4.78 is 0. The van der Waals surface area contributed by atoms with E-state index < -0.39 is 10.9 Å². The lowest BCUT2D eigenvalue weighted by atomic mass is 10.2. The van der Waals surface area contributed by atoms with E-state index in [1.165, 1.54) is 17.0 Å². The van der Waals surface area contributed by atoms with Crippen LogP contribution in [0.15, 0.2) is 30.3 Å². The fraction of sp³-hybridized carbons (Fsp3) is 0.167. The number of benzene rings is 1. The topological polar surface area (TPSA) is 96.6 Å². The average Bonchev–Trinajstić information content (AvgIpc) is 2.36. The van der Waals surface area contributed by atoms with Crippen molar-refractivity contribution >= 4 is 28.4 Å². The molecular weight excluding hydrogens is 250 g/mol. The maximum Gasteiger partial charge on any atom is 0.323 e. The van der Waals surface area contributed by atoms with E-state index in [4.69, 9.17) is 5.11 Å². The SMILES string of the molecule is CN(CC(=O)O)c1ccc2cc([N+](=O)[O-])ccc2n1. The first-order chi connectivity index (χ1) is 8.97.